The maximum absolute atomic E-state index is 12.3. The Labute approximate surface area is 110 Å². The SMILES string of the molecule is CC(C)(C)OC(=O)C1(C)OC1(C)C1CCCCC1. The van der Waals surface area contributed by atoms with Crippen LogP contribution in [0.3, 0.4) is 0 Å². The number of ether oxygens (including phenoxy) is 2. The van der Waals surface area contributed by atoms with E-state index in [-0.39, 0.29) is 11.6 Å². The van der Waals surface area contributed by atoms with Crippen molar-refractivity contribution in [1.82, 2.24) is 0 Å². The lowest BCUT2D eigenvalue weighted by atomic mass is 9.75. The van der Waals surface area contributed by atoms with Crippen LogP contribution in [-0.2, 0) is 14.3 Å². The Balaban J connectivity index is 2.04. The zero-order chi connectivity index (χ0) is 13.6. The molecule has 1 heterocycles. The number of epoxide rings is 1. The van der Waals surface area contributed by atoms with Gasteiger partial charge in [-0.1, -0.05) is 19.3 Å². The van der Waals surface area contributed by atoms with Gasteiger partial charge in [-0.15, -0.1) is 0 Å². The monoisotopic (exact) mass is 254 g/mol. The smallest absolute Gasteiger partial charge is 0.341 e. The molecule has 0 aromatic heterocycles. The fourth-order valence-electron chi connectivity index (χ4n) is 3.14. The van der Waals surface area contributed by atoms with Gasteiger partial charge in [0, 0.05) is 0 Å². The van der Waals surface area contributed by atoms with Crippen molar-refractivity contribution in [3.63, 3.8) is 0 Å². The van der Waals surface area contributed by atoms with E-state index in [9.17, 15) is 4.79 Å². The van der Waals surface area contributed by atoms with Gasteiger partial charge in [0.25, 0.3) is 0 Å². The highest BCUT2D eigenvalue weighted by Gasteiger charge is 2.72. The first-order valence-electron chi connectivity index (χ1n) is 7.13. The summed E-state index contributed by atoms with van der Waals surface area (Å²) < 4.78 is 11.4. The van der Waals surface area contributed by atoms with Crippen molar-refractivity contribution in [3.05, 3.63) is 0 Å². The molecule has 2 unspecified atom stereocenters. The predicted molar refractivity (Wildman–Crippen MR) is 70.3 cm³/mol. The average Bonchev–Trinajstić information content (AvgIpc) is 2.84. The molecule has 2 aliphatic rings. The van der Waals surface area contributed by atoms with E-state index in [0.29, 0.717) is 5.92 Å². The summed E-state index contributed by atoms with van der Waals surface area (Å²) in [7, 11) is 0. The number of esters is 1. The Hall–Kier alpha value is -0.570. The summed E-state index contributed by atoms with van der Waals surface area (Å²) in [6.45, 7) is 9.65. The maximum Gasteiger partial charge on any atom is 0.341 e. The Kier molecular flexibility index (Phi) is 3.25. The van der Waals surface area contributed by atoms with Crippen LogP contribution >= 0.6 is 0 Å². The van der Waals surface area contributed by atoms with Crippen molar-refractivity contribution in [2.75, 3.05) is 0 Å². The zero-order valence-electron chi connectivity index (χ0n) is 12.3. The van der Waals surface area contributed by atoms with E-state index in [1.165, 1.54) is 32.1 Å². The van der Waals surface area contributed by atoms with E-state index in [2.05, 4.69) is 6.92 Å². The summed E-state index contributed by atoms with van der Waals surface area (Å²) >= 11 is 0. The fraction of sp³-hybridized carbons (Fsp3) is 0.933. The Morgan fingerprint density at radius 2 is 1.72 bits per heavy atom. The van der Waals surface area contributed by atoms with Gasteiger partial charge in [0.15, 0.2) is 5.60 Å². The predicted octanol–water partition coefficient (Wildman–Crippen LogP) is 3.46. The van der Waals surface area contributed by atoms with Gasteiger partial charge in [-0.2, -0.15) is 0 Å². The minimum atomic E-state index is -0.734. The molecule has 1 saturated heterocycles. The largest absolute Gasteiger partial charge is 0.458 e. The van der Waals surface area contributed by atoms with Gasteiger partial charge in [0.05, 0.1) is 0 Å². The van der Waals surface area contributed by atoms with Crippen molar-refractivity contribution in [1.29, 1.82) is 0 Å². The van der Waals surface area contributed by atoms with Crippen LogP contribution in [0, 0.1) is 5.92 Å². The Morgan fingerprint density at radius 1 is 1.17 bits per heavy atom. The van der Waals surface area contributed by atoms with Crippen LogP contribution in [0.15, 0.2) is 0 Å². The van der Waals surface area contributed by atoms with Crippen molar-refractivity contribution in [3.8, 4) is 0 Å². The third kappa shape index (κ3) is 2.29. The van der Waals surface area contributed by atoms with Gasteiger partial charge >= 0.3 is 5.97 Å². The topological polar surface area (TPSA) is 38.8 Å². The number of carbonyl (C=O) groups is 1. The number of carbonyl (C=O) groups excluding carboxylic acids is 1. The minimum Gasteiger partial charge on any atom is -0.458 e. The van der Waals surface area contributed by atoms with Crippen LogP contribution in [0.2, 0.25) is 0 Å². The molecule has 3 nitrogen and oxygen atoms in total. The van der Waals surface area contributed by atoms with Crippen molar-refractivity contribution in [2.45, 2.75) is 83.5 Å². The second kappa shape index (κ2) is 4.22. The lowest BCUT2D eigenvalue weighted by Gasteiger charge is -2.28. The average molecular weight is 254 g/mol. The molecular formula is C15H26O3. The van der Waals surface area contributed by atoms with Crippen molar-refractivity contribution >= 4 is 5.97 Å². The third-order valence-electron chi connectivity index (χ3n) is 4.49. The lowest BCUT2D eigenvalue weighted by Crippen LogP contribution is -2.40. The molecule has 0 bridgehead atoms. The molecule has 0 aromatic carbocycles. The van der Waals surface area contributed by atoms with E-state index < -0.39 is 11.2 Å². The molecule has 104 valence electrons. The molecule has 0 aromatic rings. The normalized spacial score (nSPS) is 37.4. The number of rotatable bonds is 2. The van der Waals surface area contributed by atoms with Crippen LogP contribution in [0.1, 0.15) is 66.7 Å². The fourth-order valence-corrected chi connectivity index (χ4v) is 3.14. The van der Waals surface area contributed by atoms with E-state index in [1.54, 1.807) is 0 Å². The lowest BCUT2D eigenvalue weighted by molar-refractivity contribution is -0.160. The highest BCUT2D eigenvalue weighted by Crippen LogP contribution is 2.57. The summed E-state index contributed by atoms with van der Waals surface area (Å²) in [5.74, 6) is 0.298. The second-order valence-electron chi connectivity index (χ2n) is 7.08. The standard InChI is InChI=1S/C15H26O3/c1-13(2,3)17-12(16)15(5)14(4,18-15)11-9-7-6-8-10-11/h11H,6-10H2,1-5H3. The van der Waals surface area contributed by atoms with Gasteiger partial charge < -0.3 is 9.47 Å². The molecule has 2 fully saturated rings. The van der Waals surface area contributed by atoms with Gasteiger partial charge in [-0.3, -0.25) is 0 Å². The molecule has 1 aliphatic heterocycles. The number of hydrogen-bond acceptors (Lipinski definition) is 3. The highest BCUT2D eigenvalue weighted by molar-refractivity contribution is 5.84. The third-order valence-corrected chi connectivity index (χ3v) is 4.49. The molecule has 0 N–H and O–H groups in total. The van der Waals surface area contributed by atoms with Crippen LogP contribution in [-0.4, -0.2) is 22.8 Å². The summed E-state index contributed by atoms with van der Waals surface area (Å²) in [4.78, 5) is 12.3. The molecule has 18 heavy (non-hydrogen) atoms. The molecule has 0 spiro atoms. The molecule has 3 heteroatoms. The minimum absolute atomic E-state index is 0.205. The summed E-state index contributed by atoms with van der Waals surface area (Å²) in [6, 6.07) is 0. The van der Waals surface area contributed by atoms with Crippen molar-refractivity contribution in [2.24, 2.45) is 5.92 Å². The first-order chi connectivity index (χ1) is 8.19. The number of hydrogen-bond donors (Lipinski definition) is 0. The van der Waals surface area contributed by atoms with Crippen LogP contribution < -0.4 is 0 Å². The molecule has 2 atom stereocenters. The second-order valence-corrected chi connectivity index (χ2v) is 7.08. The molecule has 1 saturated carbocycles. The maximum atomic E-state index is 12.3. The highest BCUT2D eigenvalue weighted by atomic mass is 16.7. The van der Waals surface area contributed by atoms with Gasteiger partial charge in [-0.25, -0.2) is 4.79 Å². The quantitative estimate of drug-likeness (QED) is 0.559. The Bertz CT molecular complexity index is 338. The Morgan fingerprint density at radius 3 is 2.22 bits per heavy atom. The van der Waals surface area contributed by atoms with Gasteiger partial charge in [0.2, 0.25) is 0 Å². The molecule has 2 rings (SSSR count). The first kappa shape index (κ1) is 13.9. The van der Waals surface area contributed by atoms with E-state index in [4.69, 9.17) is 9.47 Å². The van der Waals surface area contributed by atoms with E-state index in [1.807, 2.05) is 27.7 Å². The molecule has 0 radical (unpaired) electrons. The van der Waals surface area contributed by atoms with Crippen LogP contribution in [0.25, 0.3) is 0 Å². The summed E-state index contributed by atoms with van der Waals surface area (Å²) in [5.41, 5.74) is -1.49. The first-order valence-corrected chi connectivity index (χ1v) is 7.13. The van der Waals surface area contributed by atoms with Crippen LogP contribution in [0.5, 0.6) is 0 Å². The zero-order valence-corrected chi connectivity index (χ0v) is 12.3. The summed E-state index contributed by atoms with van der Waals surface area (Å²) in [5, 5.41) is 0. The molecule has 1 aliphatic carbocycles. The molecular weight excluding hydrogens is 228 g/mol. The summed E-state index contributed by atoms with van der Waals surface area (Å²) in [6.07, 6.45) is 6.18. The van der Waals surface area contributed by atoms with Crippen molar-refractivity contribution < 1.29 is 14.3 Å². The van der Waals surface area contributed by atoms with Crippen LogP contribution in [0.4, 0.5) is 0 Å². The van der Waals surface area contributed by atoms with E-state index in [0.717, 1.165) is 0 Å². The van der Waals surface area contributed by atoms with E-state index >= 15 is 0 Å². The molecule has 0 amide bonds. The van der Waals surface area contributed by atoms with Gasteiger partial charge in [0.1, 0.15) is 11.2 Å². The van der Waals surface area contributed by atoms with Gasteiger partial charge in [-0.05, 0) is 53.4 Å².